The van der Waals surface area contributed by atoms with Crippen molar-refractivity contribution in [3.8, 4) is 11.1 Å². The van der Waals surface area contributed by atoms with Crippen LogP contribution in [-0.4, -0.2) is 16.6 Å². The van der Waals surface area contributed by atoms with E-state index >= 15 is 0 Å². The molecule has 0 amide bonds. The van der Waals surface area contributed by atoms with Crippen LogP contribution < -0.4 is 11.3 Å². The van der Waals surface area contributed by atoms with E-state index in [4.69, 9.17) is 5.73 Å². The van der Waals surface area contributed by atoms with Crippen molar-refractivity contribution in [3.05, 3.63) is 69.3 Å². The number of nitrogens with one attached hydrogen (secondary N) is 1. The predicted molar refractivity (Wildman–Crippen MR) is 109 cm³/mol. The lowest BCUT2D eigenvalue weighted by Gasteiger charge is -2.13. The number of aromatic nitrogens is 1. The highest BCUT2D eigenvalue weighted by Crippen LogP contribution is 2.36. The summed E-state index contributed by atoms with van der Waals surface area (Å²) in [6.45, 7) is 0.633. The maximum Gasteiger partial charge on any atom is 0.266 e. The maximum atomic E-state index is 12.3. The Bertz CT molecular complexity index is 1130. The number of H-pyrrole nitrogens is 1. The SMILES string of the molecule is NCCCc1ccc(-c2c(CO)ccc3[nH]c(=O)c4sccc4c23)cc1. The van der Waals surface area contributed by atoms with Gasteiger partial charge in [-0.15, -0.1) is 11.3 Å². The van der Waals surface area contributed by atoms with Gasteiger partial charge >= 0.3 is 0 Å². The van der Waals surface area contributed by atoms with Crippen molar-refractivity contribution in [3.63, 3.8) is 0 Å². The van der Waals surface area contributed by atoms with E-state index in [1.165, 1.54) is 16.9 Å². The van der Waals surface area contributed by atoms with Crippen LogP contribution >= 0.6 is 11.3 Å². The molecule has 4 aromatic rings. The first-order chi connectivity index (χ1) is 12.7. The molecule has 2 aromatic heterocycles. The topological polar surface area (TPSA) is 79.1 Å². The number of aryl methyl sites for hydroxylation is 1. The zero-order chi connectivity index (χ0) is 18.1. The molecule has 0 saturated carbocycles. The van der Waals surface area contributed by atoms with E-state index in [1.807, 2.05) is 23.6 Å². The monoisotopic (exact) mass is 364 g/mol. The van der Waals surface area contributed by atoms with Crippen molar-refractivity contribution < 1.29 is 5.11 Å². The van der Waals surface area contributed by atoms with Crippen LogP contribution in [0.15, 0.2) is 52.6 Å². The van der Waals surface area contributed by atoms with Crippen LogP contribution in [0.1, 0.15) is 17.5 Å². The molecule has 0 spiro atoms. The van der Waals surface area contributed by atoms with Gasteiger partial charge < -0.3 is 15.8 Å². The van der Waals surface area contributed by atoms with Gasteiger partial charge in [-0.05, 0) is 59.2 Å². The Kier molecular flexibility index (Phi) is 4.59. The Labute approximate surface area is 154 Å². The Morgan fingerprint density at radius 3 is 2.62 bits per heavy atom. The number of benzene rings is 2. The summed E-state index contributed by atoms with van der Waals surface area (Å²) in [4.78, 5) is 15.3. The van der Waals surface area contributed by atoms with Crippen LogP contribution in [0.4, 0.5) is 0 Å². The first-order valence-electron chi connectivity index (χ1n) is 8.68. The van der Waals surface area contributed by atoms with Crippen molar-refractivity contribution in [1.29, 1.82) is 0 Å². The van der Waals surface area contributed by atoms with Gasteiger partial charge in [0.2, 0.25) is 0 Å². The van der Waals surface area contributed by atoms with Crippen molar-refractivity contribution in [2.24, 2.45) is 5.73 Å². The molecular formula is C21H20N2O2S. The summed E-state index contributed by atoms with van der Waals surface area (Å²) in [6, 6.07) is 14.1. The molecule has 4 nitrogen and oxygen atoms in total. The van der Waals surface area contributed by atoms with Gasteiger partial charge in [-0.25, -0.2) is 0 Å². The third-order valence-electron chi connectivity index (χ3n) is 4.76. The third kappa shape index (κ3) is 2.84. The Balaban J connectivity index is 1.98. The van der Waals surface area contributed by atoms with Gasteiger partial charge in [0.25, 0.3) is 5.56 Å². The van der Waals surface area contributed by atoms with E-state index < -0.39 is 0 Å². The number of nitrogens with two attached hydrogens (primary N) is 1. The predicted octanol–water partition coefficient (Wildman–Crippen LogP) is 3.79. The van der Waals surface area contributed by atoms with E-state index in [0.717, 1.165) is 45.8 Å². The highest BCUT2D eigenvalue weighted by molar-refractivity contribution is 7.17. The van der Waals surface area contributed by atoms with Crippen LogP contribution in [0.2, 0.25) is 0 Å². The summed E-state index contributed by atoms with van der Waals surface area (Å²) < 4.78 is 0.716. The van der Waals surface area contributed by atoms with E-state index in [1.54, 1.807) is 0 Å². The smallest absolute Gasteiger partial charge is 0.266 e. The number of rotatable bonds is 5. The average molecular weight is 364 g/mol. The zero-order valence-electron chi connectivity index (χ0n) is 14.3. The molecule has 4 N–H and O–H groups in total. The second kappa shape index (κ2) is 7.03. The van der Waals surface area contributed by atoms with E-state index in [9.17, 15) is 9.90 Å². The van der Waals surface area contributed by atoms with Crippen LogP contribution in [0, 0.1) is 0 Å². The lowest BCUT2D eigenvalue weighted by Crippen LogP contribution is -2.05. The van der Waals surface area contributed by atoms with Gasteiger partial charge in [-0.3, -0.25) is 4.79 Å². The highest BCUT2D eigenvalue weighted by atomic mass is 32.1. The molecule has 0 aliphatic rings. The minimum absolute atomic E-state index is 0.0506. The quantitative estimate of drug-likeness (QED) is 0.504. The first-order valence-corrected chi connectivity index (χ1v) is 9.56. The average Bonchev–Trinajstić information content (AvgIpc) is 3.17. The summed E-state index contributed by atoms with van der Waals surface area (Å²) in [5.74, 6) is 0. The van der Waals surface area contributed by atoms with Gasteiger partial charge in [0, 0.05) is 16.3 Å². The summed E-state index contributed by atoms with van der Waals surface area (Å²) in [6.07, 6.45) is 1.92. The van der Waals surface area contributed by atoms with Crippen LogP contribution in [-0.2, 0) is 13.0 Å². The third-order valence-corrected chi connectivity index (χ3v) is 5.68. The number of hydrogen-bond acceptors (Lipinski definition) is 4. The number of hydrogen-bond donors (Lipinski definition) is 3. The van der Waals surface area contributed by atoms with Crippen molar-refractivity contribution in [2.75, 3.05) is 6.54 Å². The zero-order valence-corrected chi connectivity index (χ0v) is 15.1. The number of fused-ring (bicyclic) bond motifs is 3. The Morgan fingerprint density at radius 2 is 1.88 bits per heavy atom. The molecule has 26 heavy (non-hydrogen) atoms. The van der Waals surface area contributed by atoms with E-state index in [2.05, 4.69) is 29.2 Å². The molecule has 0 radical (unpaired) electrons. The Hall–Kier alpha value is -2.47. The second-order valence-electron chi connectivity index (χ2n) is 6.39. The molecule has 0 aliphatic heterocycles. The molecule has 2 heterocycles. The summed E-state index contributed by atoms with van der Waals surface area (Å²) in [5, 5.41) is 13.8. The van der Waals surface area contributed by atoms with Gasteiger partial charge in [0.1, 0.15) is 4.70 Å². The molecule has 0 saturated heterocycles. The summed E-state index contributed by atoms with van der Waals surface area (Å²) >= 11 is 1.44. The van der Waals surface area contributed by atoms with Crippen molar-refractivity contribution in [1.82, 2.24) is 4.98 Å². The molecule has 0 atom stereocenters. The molecule has 0 fully saturated rings. The number of thiophene rings is 1. The van der Waals surface area contributed by atoms with Crippen LogP contribution in [0.3, 0.4) is 0 Å². The molecular weight excluding hydrogens is 344 g/mol. The van der Waals surface area contributed by atoms with Crippen molar-refractivity contribution >= 4 is 32.3 Å². The maximum absolute atomic E-state index is 12.3. The second-order valence-corrected chi connectivity index (χ2v) is 7.30. The minimum Gasteiger partial charge on any atom is -0.392 e. The van der Waals surface area contributed by atoms with Gasteiger partial charge in [0.05, 0.1) is 6.61 Å². The molecule has 0 unspecified atom stereocenters. The van der Waals surface area contributed by atoms with Crippen LogP contribution in [0.25, 0.3) is 32.1 Å². The van der Waals surface area contributed by atoms with E-state index in [0.29, 0.717) is 11.2 Å². The standard InChI is InChI=1S/C21H20N2O2S/c22-10-1-2-13-3-5-14(6-4-13)18-15(12-24)7-8-17-19(18)16-9-11-26-20(16)21(25)23-17/h3-9,11,24H,1-2,10,12,22H2,(H,23,25). The summed E-state index contributed by atoms with van der Waals surface area (Å²) in [5.41, 5.74) is 10.4. The molecule has 4 rings (SSSR count). The highest BCUT2D eigenvalue weighted by Gasteiger charge is 2.15. The van der Waals surface area contributed by atoms with Gasteiger partial charge in [-0.2, -0.15) is 0 Å². The fourth-order valence-corrected chi connectivity index (χ4v) is 4.29. The molecule has 5 heteroatoms. The number of pyridine rings is 1. The first kappa shape index (κ1) is 17.0. The van der Waals surface area contributed by atoms with Gasteiger partial charge in [-0.1, -0.05) is 30.3 Å². The molecule has 0 bridgehead atoms. The molecule has 2 aromatic carbocycles. The number of aliphatic hydroxyl groups is 1. The van der Waals surface area contributed by atoms with E-state index in [-0.39, 0.29) is 12.2 Å². The summed E-state index contributed by atoms with van der Waals surface area (Å²) in [7, 11) is 0. The van der Waals surface area contributed by atoms with Gasteiger partial charge in [0.15, 0.2) is 0 Å². The lowest BCUT2D eigenvalue weighted by atomic mass is 9.93. The fourth-order valence-electron chi connectivity index (χ4n) is 3.50. The minimum atomic E-state index is -0.0673. The lowest BCUT2D eigenvalue weighted by molar-refractivity contribution is 0.282. The largest absolute Gasteiger partial charge is 0.392 e. The molecule has 0 aliphatic carbocycles. The van der Waals surface area contributed by atoms with Crippen molar-refractivity contribution in [2.45, 2.75) is 19.4 Å². The molecule has 132 valence electrons. The fraction of sp³-hybridized carbons (Fsp3) is 0.190. The number of aromatic amines is 1. The Morgan fingerprint density at radius 1 is 1.08 bits per heavy atom. The van der Waals surface area contributed by atoms with Crippen LogP contribution in [0.5, 0.6) is 0 Å². The number of aliphatic hydroxyl groups excluding tert-OH is 1. The normalized spacial score (nSPS) is 11.5.